The summed E-state index contributed by atoms with van der Waals surface area (Å²) >= 11 is 0. The minimum Gasteiger partial charge on any atom is -0.335 e. The fourth-order valence-electron chi connectivity index (χ4n) is 3.99. The van der Waals surface area contributed by atoms with Crippen LogP contribution in [-0.4, -0.2) is 22.3 Å². The van der Waals surface area contributed by atoms with E-state index in [0.29, 0.717) is 12.1 Å². The van der Waals surface area contributed by atoms with Crippen molar-refractivity contribution in [3.05, 3.63) is 59.8 Å². The Kier molecular flexibility index (Phi) is 5.17. The number of hydrogen-bond acceptors (Lipinski definition) is 2. The van der Waals surface area contributed by atoms with E-state index in [-0.39, 0.29) is 18.0 Å². The highest BCUT2D eigenvalue weighted by Gasteiger charge is 2.31. The molecule has 1 saturated carbocycles. The SMILES string of the molecule is O=C(Nc1cccc2[nH]ncc12)N[C@@H]1CCC[C@H](c2ccc(C(F)(F)F)cc2)C1. The zero-order chi connectivity index (χ0) is 20.4. The summed E-state index contributed by atoms with van der Waals surface area (Å²) in [6, 6.07) is 10.6. The first-order valence-electron chi connectivity index (χ1n) is 9.57. The van der Waals surface area contributed by atoms with E-state index in [0.717, 1.165) is 47.9 Å². The van der Waals surface area contributed by atoms with Gasteiger partial charge in [-0.1, -0.05) is 24.6 Å². The van der Waals surface area contributed by atoms with Gasteiger partial charge < -0.3 is 10.6 Å². The zero-order valence-corrected chi connectivity index (χ0v) is 15.6. The van der Waals surface area contributed by atoms with Crippen molar-refractivity contribution >= 4 is 22.6 Å². The summed E-state index contributed by atoms with van der Waals surface area (Å²) in [6.07, 6.45) is 0.694. The van der Waals surface area contributed by atoms with E-state index in [9.17, 15) is 18.0 Å². The molecule has 0 aliphatic heterocycles. The van der Waals surface area contributed by atoms with Crippen LogP contribution in [0.25, 0.3) is 10.9 Å². The summed E-state index contributed by atoms with van der Waals surface area (Å²) in [5, 5.41) is 13.5. The summed E-state index contributed by atoms with van der Waals surface area (Å²) in [5.74, 6) is 0.133. The lowest BCUT2D eigenvalue weighted by atomic mass is 9.81. The largest absolute Gasteiger partial charge is 0.416 e. The number of alkyl halides is 3. The van der Waals surface area contributed by atoms with Crippen LogP contribution in [0.2, 0.25) is 0 Å². The average Bonchev–Trinajstić information content (AvgIpc) is 3.17. The number of H-pyrrole nitrogens is 1. The molecule has 5 nitrogen and oxygen atoms in total. The highest BCUT2D eigenvalue weighted by molar-refractivity contribution is 6.00. The normalized spacial score (nSPS) is 19.8. The van der Waals surface area contributed by atoms with Gasteiger partial charge in [-0.15, -0.1) is 0 Å². The number of benzene rings is 2. The lowest BCUT2D eigenvalue weighted by Gasteiger charge is -2.30. The lowest BCUT2D eigenvalue weighted by molar-refractivity contribution is -0.137. The Labute approximate surface area is 165 Å². The monoisotopic (exact) mass is 402 g/mol. The molecule has 2 atom stereocenters. The summed E-state index contributed by atoms with van der Waals surface area (Å²) in [5.41, 5.74) is 1.75. The Hall–Kier alpha value is -3.03. The van der Waals surface area contributed by atoms with Crippen molar-refractivity contribution in [3.8, 4) is 0 Å². The van der Waals surface area contributed by atoms with Gasteiger partial charge in [0.05, 0.1) is 23.0 Å². The van der Waals surface area contributed by atoms with Crippen molar-refractivity contribution < 1.29 is 18.0 Å². The van der Waals surface area contributed by atoms with Crippen molar-refractivity contribution in [2.24, 2.45) is 0 Å². The van der Waals surface area contributed by atoms with Gasteiger partial charge in [-0.25, -0.2) is 4.79 Å². The number of amides is 2. The topological polar surface area (TPSA) is 69.8 Å². The molecule has 0 saturated heterocycles. The maximum absolute atomic E-state index is 12.8. The summed E-state index contributed by atoms with van der Waals surface area (Å²) < 4.78 is 38.3. The number of carbonyl (C=O) groups is 1. The molecule has 3 N–H and O–H groups in total. The van der Waals surface area contributed by atoms with Gasteiger partial charge in [-0.2, -0.15) is 18.3 Å². The molecule has 29 heavy (non-hydrogen) atoms. The fraction of sp³-hybridized carbons (Fsp3) is 0.333. The van der Waals surface area contributed by atoms with Crippen LogP contribution >= 0.6 is 0 Å². The molecule has 3 aromatic rings. The Balaban J connectivity index is 1.38. The molecule has 0 radical (unpaired) electrons. The van der Waals surface area contributed by atoms with E-state index in [4.69, 9.17) is 0 Å². The molecular formula is C21H21F3N4O. The second kappa shape index (κ2) is 7.77. The first kappa shape index (κ1) is 19.3. The zero-order valence-electron chi connectivity index (χ0n) is 15.6. The van der Waals surface area contributed by atoms with Gasteiger partial charge >= 0.3 is 12.2 Å². The minimum atomic E-state index is -4.33. The van der Waals surface area contributed by atoms with E-state index < -0.39 is 11.7 Å². The van der Waals surface area contributed by atoms with Crippen molar-refractivity contribution in [2.45, 2.75) is 43.8 Å². The van der Waals surface area contributed by atoms with Gasteiger partial charge in [0.2, 0.25) is 0 Å². The number of anilines is 1. The third-order valence-electron chi connectivity index (χ3n) is 5.45. The molecular weight excluding hydrogens is 381 g/mol. The Morgan fingerprint density at radius 1 is 1.10 bits per heavy atom. The second-order valence-electron chi connectivity index (χ2n) is 7.42. The molecule has 1 heterocycles. The van der Waals surface area contributed by atoms with E-state index >= 15 is 0 Å². The summed E-state index contributed by atoms with van der Waals surface area (Å²) in [4.78, 5) is 12.5. The van der Waals surface area contributed by atoms with Gasteiger partial charge in [0, 0.05) is 11.4 Å². The van der Waals surface area contributed by atoms with E-state index in [1.165, 1.54) is 0 Å². The van der Waals surface area contributed by atoms with E-state index in [1.54, 1.807) is 18.3 Å². The predicted molar refractivity (Wildman–Crippen MR) is 105 cm³/mol. The molecule has 0 bridgehead atoms. The molecule has 4 rings (SSSR count). The van der Waals surface area contributed by atoms with Gasteiger partial charge in [0.15, 0.2) is 0 Å². The number of urea groups is 1. The maximum atomic E-state index is 12.8. The van der Waals surface area contributed by atoms with Crippen molar-refractivity contribution in [1.29, 1.82) is 0 Å². The maximum Gasteiger partial charge on any atom is 0.416 e. The van der Waals surface area contributed by atoms with Crippen LogP contribution in [0.1, 0.15) is 42.7 Å². The quantitative estimate of drug-likeness (QED) is 0.547. The van der Waals surface area contributed by atoms with E-state index in [1.807, 2.05) is 18.2 Å². The van der Waals surface area contributed by atoms with Gasteiger partial charge in [0.1, 0.15) is 0 Å². The molecule has 8 heteroatoms. The number of carbonyl (C=O) groups excluding carboxylic acids is 1. The van der Waals surface area contributed by atoms with Crippen LogP contribution in [-0.2, 0) is 6.18 Å². The third kappa shape index (κ3) is 4.36. The standard InChI is InChI=1S/C21H21F3N4O/c22-21(23,24)15-9-7-13(8-10-15)14-3-1-4-16(11-14)26-20(29)27-18-5-2-6-19-17(18)12-25-28-19/h2,5-10,12,14,16H,1,3-4,11H2,(H,25,28)(H2,26,27,29)/t14-,16+/m0/s1. The molecule has 152 valence electrons. The smallest absolute Gasteiger partial charge is 0.335 e. The van der Waals surface area contributed by atoms with Crippen LogP contribution < -0.4 is 10.6 Å². The Morgan fingerprint density at radius 3 is 2.66 bits per heavy atom. The highest BCUT2D eigenvalue weighted by atomic mass is 19.4. The van der Waals surface area contributed by atoms with Gasteiger partial charge in [-0.05, 0) is 55.0 Å². The van der Waals surface area contributed by atoms with Crippen LogP contribution in [0.4, 0.5) is 23.7 Å². The highest BCUT2D eigenvalue weighted by Crippen LogP contribution is 2.35. The average molecular weight is 402 g/mol. The molecule has 1 aromatic heterocycles. The molecule has 0 unspecified atom stereocenters. The fourth-order valence-corrected chi connectivity index (χ4v) is 3.99. The minimum absolute atomic E-state index is 0.0282. The number of rotatable bonds is 3. The molecule has 2 amide bonds. The van der Waals surface area contributed by atoms with Crippen LogP contribution in [0.15, 0.2) is 48.7 Å². The number of nitrogens with zero attached hydrogens (tertiary/aromatic N) is 1. The second-order valence-corrected chi connectivity index (χ2v) is 7.42. The number of aromatic nitrogens is 2. The predicted octanol–water partition coefficient (Wildman–Crippen LogP) is 5.43. The van der Waals surface area contributed by atoms with Crippen molar-refractivity contribution in [1.82, 2.24) is 15.5 Å². The van der Waals surface area contributed by atoms with Gasteiger partial charge in [0.25, 0.3) is 0 Å². The van der Waals surface area contributed by atoms with Crippen LogP contribution in [0, 0.1) is 0 Å². The number of aromatic amines is 1. The van der Waals surface area contributed by atoms with E-state index in [2.05, 4.69) is 20.8 Å². The Morgan fingerprint density at radius 2 is 1.90 bits per heavy atom. The number of hydrogen-bond donors (Lipinski definition) is 3. The molecule has 0 spiro atoms. The Bertz CT molecular complexity index is 997. The number of fused-ring (bicyclic) bond motifs is 1. The van der Waals surface area contributed by atoms with Crippen LogP contribution in [0.3, 0.4) is 0 Å². The molecule has 1 aliphatic carbocycles. The van der Waals surface area contributed by atoms with Gasteiger partial charge in [-0.3, -0.25) is 5.10 Å². The third-order valence-corrected chi connectivity index (χ3v) is 5.45. The van der Waals surface area contributed by atoms with Crippen molar-refractivity contribution in [2.75, 3.05) is 5.32 Å². The lowest BCUT2D eigenvalue weighted by Crippen LogP contribution is -2.40. The summed E-state index contributed by atoms with van der Waals surface area (Å²) in [7, 11) is 0. The van der Waals surface area contributed by atoms with Crippen molar-refractivity contribution in [3.63, 3.8) is 0 Å². The number of halogens is 3. The first-order chi connectivity index (χ1) is 13.9. The van der Waals surface area contributed by atoms with Crippen LogP contribution in [0.5, 0.6) is 0 Å². The number of nitrogens with one attached hydrogen (secondary N) is 3. The first-order valence-corrected chi connectivity index (χ1v) is 9.57. The molecule has 2 aromatic carbocycles. The summed E-state index contributed by atoms with van der Waals surface area (Å²) in [6.45, 7) is 0. The molecule has 1 fully saturated rings. The molecule has 1 aliphatic rings.